The number of nitrogens with zero attached hydrogens (tertiary/aromatic N) is 2. The van der Waals surface area contributed by atoms with Gasteiger partial charge in [-0.1, -0.05) is 15.9 Å². The number of anilines is 1. The van der Waals surface area contributed by atoms with Crippen LogP contribution in [0.1, 0.15) is 15.9 Å². The molecule has 0 unspecified atom stereocenters. The Hall–Kier alpha value is -2.80. The van der Waals surface area contributed by atoms with Crippen LogP contribution in [0.4, 0.5) is 5.69 Å². The first-order valence-electron chi connectivity index (χ1n) is 7.86. The number of hydrogen-bond donors (Lipinski definition) is 1. The van der Waals surface area contributed by atoms with Gasteiger partial charge in [-0.25, -0.2) is 4.68 Å². The van der Waals surface area contributed by atoms with Gasteiger partial charge < -0.3 is 14.8 Å². The van der Waals surface area contributed by atoms with Crippen LogP contribution < -0.4 is 14.8 Å². The first-order chi connectivity index (χ1) is 12.5. The fraction of sp³-hybridized carbons (Fsp3) is 0.158. The average Bonchev–Trinajstić information content (AvgIpc) is 3.13. The molecule has 0 fully saturated rings. The van der Waals surface area contributed by atoms with Gasteiger partial charge in [0.2, 0.25) is 0 Å². The summed E-state index contributed by atoms with van der Waals surface area (Å²) in [6.45, 7) is 1.89. The second kappa shape index (κ2) is 7.61. The average molecular weight is 416 g/mol. The monoisotopic (exact) mass is 415 g/mol. The van der Waals surface area contributed by atoms with Crippen molar-refractivity contribution in [2.45, 2.75) is 6.92 Å². The van der Waals surface area contributed by atoms with E-state index in [-0.39, 0.29) is 5.91 Å². The van der Waals surface area contributed by atoms with Crippen LogP contribution >= 0.6 is 15.9 Å². The third-order valence-corrected chi connectivity index (χ3v) is 4.44. The van der Waals surface area contributed by atoms with Crippen LogP contribution in [0.5, 0.6) is 11.5 Å². The number of rotatable bonds is 5. The Balaban J connectivity index is 1.82. The molecule has 26 heavy (non-hydrogen) atoms. The van der Waals surface area contributed by atoms with E-state index in [2.05, 4.69) is 26.3 Å². The van der Waals surface area contributed by atoms with Gasteiger partial charge in [0.1, 0.15) is 0 Å². The van der Waals surface area contributed by atoms with Crippen LogP contribution in [0.2, 0.25) is 0 Å². The first-order valence-corrected chi connectivity index (χ1v) is 8.65. The molecule has 1 aromatic heterocycles. The number of ether oxygens (including phenoxy) is 2. The fourth-order valence-electron chi connectivity index (χ4n) is 2.48. The van der Waals surface area contributed by atoms with Crippen molar-refractivity contribution in [1.29, 1.82) is 0 Å². The van der Waals surface area contributed by atoms with E-state index in [1.807, 2.05) is 37.3 Å². The first kappa shape index (κ1) is 18.0. The molecule has 0 saturated heterocycles. The Bertz CT molecular complexity index is 936. The summed E-state index contributed by atoms with van der Waals surface area (Å²) in [4.78, 5) is 12.6. The zero-order chi connectivity index (χ0) is 18.7. The highest BCUT2D eigenvalue weighted by Gasteiger charge is 2.14. The zero-order valence-corrected chi connectivity index (χ0v) is 16.2. The predicted molar refractivity (Wildman–Crippen MR) is 104 cm³/mol. The van der Waals surface area contributed by atoms with Crippen LogP contribution in [0.3, 0.4) is 0 Å². The predicted octanol–water partition coefficient (Wildman–Crippen LogP) is 4.21. The molecule has 0 aliphatic rings. The Morgan fingerprint density at radius 1 is 1.12 bits per heavy atom. The molecule has 0 atom stereocenters. The Kier molecular flexibility index (Phi) is 5.27. The Morgan fingerprint density at radius 3 is 2.42 bits per heavy atom. The van der Waals surface area contributed by atoms with Crippen molar-refractivity contribution in [1.82, 2.24) is 9.78 Å². The van der Waals surface area contributed by atoms with Gasteiger partial charge in [-0.15, -0.1) is 0 Å². The molecule has 3 rings (SSSR count). The maximum atomic E-state index is 12.6. The van der Waals surface area contributed by atoms with Crippen LogP contribution in [-0.2, 0) is 0 Å². The lowest BCUT2D eigenvalue weighted by atomic mass is 10.1. The summed E-state index contributed by atoms with van der Waals surface area (Å²) in [5.41, 5.74) is 2.86. The van der Waals surface area contributed by atoms with Crippen LogP contribution in [0, 0.1) is 6.92 Å². The number of nitrogens with one attached hydrogen (secondary N) is 1. The van der Waals surface area contributed by atoms with Crippen LogP contribution in [0.15, 0.2) is 53.3 Å². The lowest BCUT2D eigenvalue weighted by Gasteiger charge is -2.13. The molecule has 1 amide bonds. The third kappa shape index (κ3) is 3.72. The summed E-state index contributed by atoms with van der Waals surface area (Å²) >= 11 is 3.40. The highest BCUT2D eigenvalue weighted by Crippen LogP contribution is 2.33. The Labute approximate surface area is 159 Å². The number of aromatic nitrogens is 2. The number of aryl methyl sites for hydroxylation is 1. The standard InChI is InChI=1S/C19H18BrN3O3/c1-12-8-17(25-2)18(26-3)9-16(12)22-19(24)13-10-21-23(11-13)15-6-4-14(20)5-7-15/h4-11H,1-3H3,(H,22,24). The quantitative estimate of drug-likeness (QED) is 0.677. The summed E-state index contributed by atoms with van der Waals surface area (Å²) < 4.78 is 13.2. The largest absolute Gasteiger partial charge is 0.493 e. The second-order valence-corrected chi connectivity index (χ2v) is 6.54. The van der Waals surface area contributed by atoms with Crippen molar-refractivity contribution in [2.75, 3.05) is 19.5 Å². The summed E-state index contributed by atoms with van der Waals surface area (Å²) in [6.07, 6.45) is 3.22. The van der Waals surface area contributed by atoms with E-state index in [0.29, 0.717) is 22.7 Å². The highest BCUT2D eigenvalue weighted by atomic mass is 79.9. The van der Waals surface area contributed by atoms with E-state index >= 15 is 0 Å². The molecule has 134 valence electrons. The van der Waals surface area contributed by atoms with Crippen LogP contribution in [-0.4, -0.2) is 29.9 Å². The van der Waals surface area contributed by atoms with E-state index < -0.39 is 0 Å². The lowest BCUT2D eigenvalue weighted by Crippen LogP contribution is -2.12. The topological polar surface area (TPSA) is 65.4 Å². The minimum absolute atomic E-state index is 0.247. The number of carbonyl (C=O) groups is 1. The maximum Gasteiger partial charge on any atom is 0.258 e. The molecule has 0 aliphatic heterocycles. The normalized spacial score (nSPS) is 10.5. The van der Waals surface area contributed by atoms with E-state index in [1.165, 1.54) is 6.20 Å². The van der Waals surface area contributed by atoms with Gasteiger partial charge in [0, 0.05) is 22.4 Å². The molecular weight excluding hydrogens is 398 g/mol. The van der Waals surface area contributed by atoms with Gasteiger partial charge in [0.15, 0.2) is 11.5 Å². The maximum absolute atomic E-state index is 12.6. The van der Waals surface area contributed by atoms with Crippen molar-refractivity contribution >= 4 is 27.5 Å². The molecule has 1 N–H and O–H groups in total. The molecular formula is C19H18BrN3O3. The van der Waals surface area contributed by atoms with E-state index in [1.54, 1.807) is 31.2 Å². The van der Waals surface area contributed by atoms with Gasteiger partial charge in [-0.2, -0.15) is 5.10 Å². The number of benzene rings is 2. The molecule has 3 aromatic rings. The molecule has 7 heteroatoms. The number of amides is 1. The number of hydrogen-bond acceptors (Lipinski definition) is 4. The lowest BCUT2D eigenvalue weighted by molar-refractivity contribution is 0.102. The second-order valence-electron chi connectivity index (χ2n) is 5.63. The third-order valence-electron chi connectivity index (χ3n) is 3.91. The number of methoxy groups -OCH3 is 2. The molecule has 2 aromatic carbocycles. The molecule has 0 saturated carbocycles. The molecule has 1 heterocycles. The SMILES string of the molecule is COc1cc(C)c(NC(=O)c2cnn(-c3ccc(Br)cc3)c2)cc1OC. The van der Waals surface area contributed by atoms with Crippen molar-refractivity contribution < 1.29 is 14.3 Å². The van der Waals surface area contributed by atoms with E-state index in [9.17, 15) is 4.79 Å². The summed E-state index contributed by atoms with van der Waals surface area (Å²) in [7, 11) is 3.13. The summed E-state index contributed by atoms with van der Waals surface area (Å²) in [5, 5.41) is 7.15. The molecule has 0 radical (unpaired) electrons. The van der Waals surface area contributed by atoms with Crippen molar-refractivity contribution in [3.63, 3.8) is 0 Å². The molecule has 6 nitrogen and oxygen atoms in total. The minimum atomic E-state index is -0.247. The van der Waals surface area contributed by atoms with Gasteiger partial charge in [-0.05, 0) is 42.8 Å². The van der Waals surface area contributed by atoms with Gasteiger partial charge in [0.25, 0.3) is 5.91 Å². The highest BCUT2D eigenvalue weighted by molar-refractivity contribution is 9.10. The molecule has 0 bridgehead atoms. The summed E-state index contributed by atoms with van der Waals surface area (Å²) in [5.74, 6) is 0.925. The Morgan fingerprint density at radius 2 is 1.77 bits per heavy atom. The van der Waals surface area contributed by atoms with Crippen molar-refractivity contribution in [2.24, 2.45) is 0 Å². The van der Waals surface area contributed by atoms with Gasteiger partial charge in [-0.3, -0.25) is 4.79 Å². The van der Waals surface area contributed by atoms with Crippen LogP contribution in [0.25, 0.3) is 5.69 Å². The van der Waals surface area contributed by atoms with E-state index in [0.717, 1.165) is 15.7 Å². The van der Waals surface area contributed by atoms with Crippen molar-refractivity contribution in [3.8, 4) is 17.2 Å². The minimum Gasteiger partial charge on any atom is -0.493 e. The fourth-order valence-corrected chi connectivity index (χ4v) is 2.75. The van der Waals surface area contributed by atoms with Gasteiger partial charge >= 0.3 is 0 Å². The number of carbonyl (C=O) groups excluding carboxylic acids is 1. The van der Waals surface area contributed by atoms with E-state index in [4.69, 9.17) is 9.47 Å². The zero-order valence-electron chi connectivity index (χ0n) is 14.6. The van der Waals surface area contributed by atoms with Gasteiger partial charge in [0.05, 0.1) is 31.7 Å². The number of halogens is 1. The smallest absolute Gasteiger partial charge is 0.258 e. The molecule has 0 aliphatic carbocycles. The van der Waals surface area contributed by atoms with Crippen molar-refractivity contribution in [3.05, 3.63) is 64.4 Å². The summed E-state index contributed by atoms with van der Waals surface area (Å²) in [6, 6.07) is 11.2. The molecule has 0 spiro atoms.